The van der Waals surface area contributed by atoms with Crippen molar-refractivity contribution >= 4 is 24.4 Å². The summed E-state index contributed by atoms with van der Waals surface area (Å²) in [5.74, 6) is 0.0918. The molecule has 0 spiro atoms. The first-order chi connectivity index (χ1) is 8.47. The van der Waals surface area contributed by atoms with Crippen molar-refractivity contribution in [3.63, 3.8) is 0 Å². The molecule has 19 heavy (non-hydrogen) atoms. The van der Waals surface area contributed by atoms with Crippen LogP contribution < -0.4 is 5.73 Å². The Kier molecular flexibility index (Phi) is 7.78. The second kappa shape index (κ2) is 8.22. The molecule has 0 aromatic carbocycles. The van der Waals surface area contributed by atoms with E-state index in [2.05, 4.69) is 0 Å². The molecule has 7 heteroatoms. The molecule has 0 saturated carbocycles. The number of nitrogens with zero attached hydrogens (tertiary/aromatic N) is 2. The second-order valence-electron chi connectivity index (χ2n) is 4.78. The highest BCUT2D eigenvalue weighted by Gasteiger charge is 2.28. The maximum absolute atomic E-state index is 12.0. The highest BCUT2D eigenvalue weighted by molar-refractivity contribution is 5.85. The highest BCUT2D eigenvalue weighted by atomic mass is 35.5. The van der Waals surface area contributed by atoms with E-state index in [1.54, 1.807) is 16.7 Å². The predicted molar refractivity (Wildman–Crippen MR) is 75.2 cm³/mol. The van der Waals surface area contributed by atoms with Gasteiger partial charge in [0.2, 0.25) is 5.91 Å². The van der Waals surface area contributed by atoms with E-state index in [4.69, 9.17) is 10.5 Å². The minimum atomic E-state index is -0.459. The molecule has 1 aliphatic rings. The van der Waals surface area contributed by atoms with Crippen LogP contribution in [0.15, 0.2) is 0 Å². The molecule has 1 aliphatic heterocycles. The lowest BCUT2D eigenvalue weighted by Gasteiger charge is -2.35. The molecule has 0 aliphatic carbocycles. The van der Waals surface area contributed by atoms with Crippen LogP contribution in [0.1, 0.15) is 20.8 Å². The third-order valence-electron chi connectivity index (χ3n) is 3.12. The average molecular weight is 294 g/mol. The quantitative estimate of drug-likeness (QED) is 0.831. The number of carbonyl (C=O) groups is 2. The van der Waals surface area contributed by atoms with E-state index in [0.29, 0.717) is 32.8 Å². The zero-order chi connectivity index (χ0) is 13.7. The Morgan fingerprint density at radius 2 is 1.63 bits per heavy atom. The van der Waals surface area contributed by atoms with Crippen molar-refractivity contribution in [1.82, 2.24) is 9.80 Å². The summed E-state index contributed by atoms with van der Waals surface area (Å²) in [6.07, 6.45) is -0.308. The van der Waals surface area contributed by atoms with Gasteiger partial charge in [-0.25, -0.2) is 4.79 Å². The number of piperazine rings is 1. The zero-order valence-electron chi connectivity index (χ0n) is 11.8. The molecule has 2 N–H and O–H groups in total. The van der Waals surface area contributed by atoms with E-state index >= 15 is 0 Å². The Labute approximate surface area is 120 Å². The number of hydrogen-bond acceptors (Lipinski definition) is 4. The molecule has 2 amide bonds. The van der Waals surface area contributed by atoms with Crippen LogP contribution in [0.5, 0.6) is 0 Å². The lowest BCUT2D eigenvalue weighted by Crippen LogP contribution is -2.55. The fraction of sp³-hybridized carbons (Fsp3) is 0.833. The average Bonchev–Trinajstić information content (AvgIpc) is 2.37. The smallest absolute Gasteiger partial charge is 0.409 e. The predicted octanol–water partition coefficient (Wildman–Crippen LogP) is 0.692. The number of ether oxygens (including phenoxy) is 1. The van der Waals surface area contributed by atoms with E-state index in [9.17, 15) is 9.59 Å². The highest BCUT2D eigenvalue weighted by Crippen LogP contribution is 2.08. The zero-order valence-corrected chi connectivity index (χ0v) is 12.6. The summed E-state index contributed by atoms with van der Waals surface area (Å²) >= 11 is 0. The first kappa shape index (κ1) is 18.0. The van der Waals surface area contributed by atoms with Gasteiger partial charge in [-0.15, -0.1) is 12.4 Å². The molecule has 0 radical (unpaired) electrons. The Bertz CT molecular complexity index is 305. The van der Waals surface area contributed by atoms with Crippen LogP contribution in [0.4, 0.5) is 4.79 Å². The van der Waals surface area contributed by atoms with Crippen molar-refractivity contribution in [3.05, 3.63) is 0 Å². The molecular weight excluding hydrogens is 270 g/mol. The first-order valence-electron chi connectivity index (χ1n) is 6.43. The minimum absolute atomic E-state index is 0. The van der Waals surface area contributed by atoms with Gasteiger partial charge in [0.05, 0.1) is 12.6 Å². The lowest BCUT2D eigenvalue weighted by molar-refractivity contribution is -0.135. The summed E-state index contributed by atoms with van der Waals surface area (Å²) in [6.45, 7) is 8.07. The SMILES string of the molecule is CCOC(=O)N1CCN(C(=O)C(N)C(C)C)CC1.Cl. The molecule has 1 rings (SSSR count). The fourth-order valence-corrected chi connectivity index (χ4v) is 1.82. The van der Waals surface area contributed by atoms with Gasteiger partial charge in [0.15, 0.2) is 0 Å². The minimum Gasteiger partial charge on any atom is -0.450 e. The van der Waals surface area contributed by atoms with Crippen LogP contribution >= 0.6 is 12.4 Å². The number of amides is 2. The third-order valence-corrected chi connectivity index (χ3v) is 3.12. The number of carbonyl (C=O) groups excluding carboxylic acids is 2. The molecule has 1 atom stereocenters. The molecule has 0 bridgehead atoms. The van der Waals surface area contributed by atoms with Crippen molar-refractivity contribution in [2.45, 2.75) is 26.8 Å². The van der Waals surface area contributed by atoms with Gasteiger partial charge >= 0.3 is 6.09 Å². The van der Waals surface area contributed by atoms with Crippen LogP contribution in [0.25, 0.3) is 0 Å². The first-order valence-corrected chi connectivity index (χ1v) is 6.43. The Balaban J connectivity index is 0.00000324. The normalized spacial score (nSPS) is 16.9. The van der Waals surface area contributed by atoms with Crippen LogP contribution in [-0.2, 0) is 9.53 Å². The maximum Gasteiger partial charge on any atom is 0.409 e. The maximum atomic E-state index is 12.0. The molecule has 1 fully saturated rings. The molecule has 1 unspecified atom stereocenters. The lowest BCUT2D eigenvalue weighted by atomic mass is 10.0. The third kappa shape index (κ3) is 4.87. The monoisotopic (exact) mass is 293 g/mol. The molecule has 112 valence electrons. The standard InChI is InChI=1S/C12H23N3O3.ClH/c1-4-18-12(17)15-7-5-14(6-8-15)11(16)10(13)9(2)3;/h9-10H,4-8,13H2,1-3H3;1H. The second-order valence-corrected chi connectivity index (χ2v) is 4.78. The van der Waals surface area contributed by atoms with E-state index in [0.717, 1.165) is 0 Å². The Morgan fingerprint density at radius 1 is 1.16 bits per heavy atom. The molecule has 0 aromatic heterocycles. The molecule has 1 heterocycles. The largest absolute Gasteiger partial charge is 0.450 e. The van der Waals surface area contributed by atoms with Crippen molar-refractivity contribution in [1.29, 1.82) is 0 Å². The number of rotatable bonds is 3. The number of halogens is 1. The molecule has 0 aromatic rings. The Hall–Kier alpha value is -1.01. The molecule has 1 saturated heterocycles. The molecular formula is C12H24ClN3O3. The fourth-order valence-electron chi connectivity index (χ4n) is 1.82. The van der Waals surface area contributed by atoms with Gasteiger partial charge < -0.3 is 20.3 Å². The van der Waals surface area contributed by atoms with Crippen LogP contribution in [0, 0.1) is 5.92 Å². The van der Waals surface area contributed by atoms with E-state index in [1.807, 2.05) is 13.8 Å². The van der Waals surface area contributed by atoms with Gasteiger partial charge in [0, 0.05) is 26.2 Å². The van der Waals surface area contributed by atoms with Gasteiger partial charge in [0.25, 0.3) is 0 Å². The van der Waals surface area contributed by atoms with Gasteiger partial charge in [-0.1, -0.05) is 13.8 Å². The topological polar surface area (TPSA) is 75.9 Å². The van der Waals surface area contributed by atoms with E-state index in [1.165, 1.54) is 0 Å². The van der Waals surface area contributed by atoms with Crippen molar-refractivity contribution in [3.8, 4) is 0 Å². The van der Waals surface area contributed by atoms with Crippen LogP contribution in [-0.4, -0.2) is 60.6 Å². The summed E-state index contributed by atoms with van der Waals surface area (Å²) in [5, 5.41) is 0. The number of hydrogen-bond donors (Lipinski definition) is 1. The van der Waals surface area contributed by atoms with Crippen LogP contribution in [0.3, 0.4) is 0 Å². The van der Waals surface area contributed by atoms with E-state index in [-0.39, 0.29) is 30.3 Å². The van der Waals surface area contributed by atoms with Gasteiger partial charge in [-0.05, 0) is 12.8 Å². The van der Waals surface area contributed by atoms with E-state index < -0.39 is 6.04 Å². The summed E-state index contributed by atoms with van der Waals surface area (Å²) in [5.41, 5.74) is 5.84. The molecule has 6 nitrogen and oxygen atoms in total. The van der Waals surface area contributed by atoms with Crippen molar-refractivity contribution in [2.24, 2.45) is 11.7 Å². The summed E-state index contributed by atoms with van der Waals surface area (Å²) in [7, 11) is 0. The Morgan fingerprint density at radius 3 is 2.05 bits per heavy atom. The number of nitrogens with two attached hydrogens (primary N) is 1. The summed E-state index contributed by atoms with van der Waals surface area (Å²) < 4.78 is 4.92. The van der Waals surface area contributed by atoms with Gasteiger partial charge in [-0.2, -0.15) is 0 Å². The van der Waals surface area contributed by atoms with Gasteiger partial charge in [-0.3, -0.25) is 4.79 Å². The van der Waals surface area contributed by atoms with Crippen molar-refractivity contribution in [2.75, 3.05) is 32.8 Å². The van der Waals surface area contributed by atoms with Gasteiger partial charge in [0.1, 0.15) is 0 Å². The van der Waals surface area contributed by atoms with Crippen LogP contribution in [0.2, 0.25) is 0 Å². The summed E-state index contributed by atoms with van der Waals surface area (Å²) in [4.78, 5) is 26.8. The van der Waals surface area contributed by atoms with Crippen molar-refractivity contribution < 1.29 is 14.3 Å². The summed E-state index contributed by atoms with van der Waals surface area (Å²) in [6, 6.07) is -0.459.